The van der Waals surface area contributed by atoms with Gasteiger partial charge in [0.05, 0.1) is 0 Å². The molecule has 2 aliphatic rings. The summed E-state index contributed by atoms with van der Waals surface area (Å²) in [5.74, 6) is -0.0140. The number of aryl methyl sites for hydroxylation is 2. The first kappa shape index (κ1) is 13.4. The van der Waals surface area contributed by atoms with Gasteiger partial charge in [-0.05, 0) is 63.2 Å². The zero-order valence-corrected chi connectivity index (χ0v) is 11.7. The number of aromatic nitrogens is 1. The van der Waals surface area contributed by atoms with Gasteiger partial charge >= 0.3 is 0 Å². The van der Waals surface area contributed by atoms with Crippen LogP contribution in [-0.4, -0.2) is 30.1 Å². The minimum atomic E-state index is -0.449. The number of piperidine rings is 1. The largest absolute Gasteiger partial charge is 0.474 e. The fraction of sp³-hybridized carbons (Fsp3) is 0.600. The van der Waals surface area contributed by atoms with Crippen LogP contribution in [0.3, 0.4) is 0 Å². The lowest BCUT2D eigenvalue weighted by molar-refractivity contribution is 0.0986. The zero-order chi connectivity index (χ0) is 13.9. The Morgan fingerprint density at radius 1 is 1.30 bits per heavy atom. The van der Waals surface area contributed by atoms with Crippen LogP contribution in [0.25, 0.3) is 0 Å². The third kappa shape index (κ3) is 2.77. The van der Waals surface area contributed by atoms with E-state index < -0.39 is 5.91 Å². The maximum absolute atomic E-state index is 11.6. The number of pyridine rings is 1. The van der Waals surface area contributed by atoms with Gasteiger partial charge in [0.2, 0.25) is 5.88 Å². The zero-order valence-electron chi connectivity index (χ0n) is 11.7. The molecule has 1 aliphatic carbocycles. The monoisotopic (exact) mass is 275 g/mol. The van der Waals surface area contributed by atoms with Crippen molar-refractivity contribution in [3.05, 3.63) is 22.9 Å². The lowest BCUT2D eigenvalue weighted by Gasteiger charge is -2.25. The fourth-order valence-electron chi connectivity index (χ4n) is 2.95. The van der Waals surface area contributed by atoms with Crippen LogP contribution >= 0.6 is 0 Å². The number of carbonyl (C=O) groups is 1. The van der Waals surface area contributed by atoms with E-state index in [2.05, 4.69) is 10.3 Å². The van der Waals surface area contributed by atoms with E-state index in [9.17, 15) is 4.79 Å². The number of nitrogens with one attached hydrogen (secondary N) is 1. The topological polar surface area (TPSA) is 77.2 Å². The summed E-state index contributed by atoms with van der Waals surface area (Å²) >= 11 is 0. The molecule has 2 heterocycles. The number of fused-ring (bicyclic) bond motifs is 1. The molecule has 0 aromatic carbocycles. The van der Waals surface area contributed by atoms with Gasteiger partial charge in [0, 0.05) is 5.69 Å². The Balaban J connectivity index is 1.88. The van der Waals surface area contributed by atoms with Crippen molar-refractivity contribution >= 4 is 5.91 Å². The average Bonchev–Trinajstić information content (AvgIpc) is 2.47. The van der Waals surface area contributed by atoms with Crippen LogP contribution in [0.2, 0.25) is 0 Å². The van der Waals surface area contributed by atoms with Crippen LogP contribution in [-0.2, 0) is 12.8 Å². The van der Waals surface area contributed by atoms with E-state index in [0.29, 0.717) is 11.4 Å². The third-order valence-corrected chi connectivity index (χ3v) is 4.10. The number of hydrogen-bond acceptors (Lipinski definition) is 4. The molecular weight excluding hydrogens is 254 g/mol. The molecule has 1 fully saturated rings. The number of rotatable bonds is 3. The number of ether oxygens (including phenoxy) is 1. The van der Waals surface area contributed by atoms with Crippen LogP contribution in [0.15, 0.2) is 6.07 Å². The Morgan fingerprint density at radius 3 is 2.80 bits per heavy atom. The molecule has 5 nitrogen and oxygen atoms in total. The number of carbonyl (C=O) groups excluding carboxylic acids is 1. The molecule has 1 aromatic heterocycles. The molecular formula is C15H21N3O2. The maximum Gasteiger partial charge on any atom is 0.254 e. The Kier molecular flexibility index (Phi) is 3.87. The molecule has 3 rings (SSSR count). The Bertz CT molecular complexity index is 510. The Morgan fingerprint density at radius 2 is 2.05 bits per heavy atom. The second-order valence-corrected chi connectivity index (χ2v) is 5.59. The van der Waals surface area contributed by atoms with E-state index in [4.69, 9.17) is 10.5 Å². The number of nitrogens with zero attached hydrogens (tertiary/aromatic N) is 1. The van der Waals surface area contributed by atoms with Crippen molar-refractivity contribution in [1.82, 2.24) is 10.3 Å². The summed E-state index contributed by atoms with van der Waals surface area (Å²) in [6.45, 7) is 1.89. The highest BCUT2D eigenvalue weighted by atomic mass is 16.5. The van der Waals surface area contributed by atoms with Crippen molar-refractivity contribution in [2.24, 2.45) is 5.73 Å². The van der Waals surface area contributed by atoms with Crippen molar-refractivity contribution in [3.63, 3.8) is 0 Å². The van der Waals surface area contributed by atoms with Crippen molar-refractivity contribution < 1.29 is 9.53 Å². The molecule has 1 aromatic rings. The van der Waals surface area contributed by atoms with Gasteiger partial charge in [-0.1, -0.05) is 0 Å². The highest BCUT2D eigenvalue weighted by Gasteiger charge is 2.22. The van der Waals surface area contributed by atoms with E-state index in [1.54, 1.807) is 0 Å². The van der Waals surface area contributed by atoms with Gasteiger partial charge in [-0.25, -0.2) is 4.98 Å². The van der Waals surface area contributed by atoms with Crippen LogP contribution in [0, 0.1) is 0 Å². The molecule has 0 unspecified atom stereocenters. The standard InChI is InChI=1S/C15H21N3O2/c16-14(19)12-9-10-3-1-2-4-13(10)18-15(12)20-11-5-7-17-8-6-11/h9,11,17H,1-8H2,(H2,16,19). The van der Waals surface area contributed by atoms with Crippen molar-refractivity contribution in [2.45, 2.75) is 44.6 Å². The molecule has 0 bridgehead atoms. The minimum Gasteiger partial charge on any atom is -0.474 e. The summed E-state index contributed by atoms with van der Waals surface area (Å²) in [5.41, 5.74) is 8.15. The molecule has 0 atom stereocenters. The summed E-state index contributed by atoms with van der Waals surface area (Å²) in [6, 6.07) is 1.89. The summed E-state index contributed by atoms with van der Waals surface area (Å²) in [7, 11) is 0. The van der Waals surface area contributed by atoms with E-state index in [1.165, 1.54) is 0 Å². The molecule has 20 heavy (non-hydrogen) atoms. The van der Waals surface area contributed by atoms with Crippen LogP contribution in [0.5, 0.6) is 5.88 Å². The number of hydrogen-bond donors (Lipinski definition) is 2. The van der Waals surface area contributed by atoms with Gasteiger partial charge in [0.25, 0.3) is 5.91 Å². The lowest BCUT2D eigenvalue weighted by Crippen LogP contribution is -2.35. The average molecular weight is 275 g/mol. The predicted octanol–water partition coefficient (Wildman–Crippen LogP) is 1.19. The smallest absolute Gasteiger partial charge is 0.254 e. The molecule has 1 amide bonds. The van der Waals surface area contributed by atoms with Crippen molar-refractivity contribution in [3.8, 4) is 5.88 Å². The number of nitrogens with two attached hydrogens (primary N) is 1. The van der Waals surface area contributed by atoms with Crippen LogP contribution in [0.1, 0.15) is 47.3 Å². The quantitative estimate of drug-likeness (QED) is 0.868. The third-order valence-electron chi connectivity index (χ3n) is 4.10. The van der Waals surface area contributed by atoms with Crippen molar-refractivity contribution in [2.75, 3.05) is 13.1 Å². The predicted molar refractivity (Wildman–Crippen MR) is 75.9 cm³/mol. The molecule has 0 radical (unpaired) electrons. The number of amides is 1. The molecule has 0 saturated carbocycles. The van der Waals surface area contributed by atoms with E-state index >= 15 is 0 Å². The van der Waals surface area contributed by atoms with Gasteiger partial charge in [-0.3, -0.25) is 4.79 Å². The second-order valence-electron chi connectivity index (χ2n) is 5.59. The molecule has 3 N–H and O–H groups in total. The minimum absolute atomic E-state index is 0.128. The lowest BCUT2D eigenvalue weighted by atomic mass is 9.95. The van der Waals surface area contributed by atoms with Crippen LogP contribution < -0.4 is 15.8 Å². The second kappa shape index (κ2) is 5.79. The van der Waals surface area contributed by atoms with Gasteiger partial charge in [-0.2, -0.15) is 0 Å². The van der Waals surface area contributed by atoms with Gasteiger partial charge in [0.1, 0.15) is 11.7 Å². The normalized spacial score (nSPS) is 19.4. The van der Waals surface area contributed by atoms with Gasteiger partial charge in [-0.15, -0.1) is 0 Å². The van der Waals surface area contributed by atoms with Gasteiger partial charge < -0.3 is 15.8 Å². The summed E-state index contributed by atoms with van der Waals surface area (Å²) < 4.78 is 5.96. The maximum atomic E-state index is 11.6. The Labute approximate surface area is 118 Å². The van der Waals surface area contributed by atoms with E-state index in [0.717, 1.165) is 62.9 Å². The fourth-order valence-corrected chi connectivity index (χ4v) is 2.95. The summed E-state index contributed by atoms with van der Waals surface area (Å²) in [6.07, 6.45) is 6.27. The van der Waals surface area contributed by atoms with E-state index in [1.807, 2.05) is 6.07 Å². The first-order chi connectivity index (χ1) is 9.74. The molecule has 1 saturated heterocycles. The SMILES string of the molecule is NC(=O)c1cc2c(nc1OC1CCNCC1)CCCC2. The first-order valence-corrected chi connectivity index (χ1v) is 7.44. The molecule has 1 aliphatic heterocycles. The summed E-state index contributed by atoms with van der Waals surface area (Å²) in [4.78, 5) is 16.2. The van der Waals surface area contributed by atoms with E-state index in [-0.39, 0.29) is 6.10 Å². The van der Waals surface area contributed by atoms with Gasteiger partial charge in [0.15, 0.2) is 0 Å². The summed E-state index contributed by atoms with van der Waals surface area (Å²) in [5, 5.41) is 3.30. The van der Waals surface area contributed by atoms with Crippen LogP contribution in [0.4, 0.5) is 0 Å². The van der Waals surface area contributed by atoms with Crippen molar-refractivity contribution in [1.29, 1.82) is 0 Å². The highest BCUT2D eigenvalue weighted by Crippen LogP contribution is 2.27. The Hall–Kier alpha value is -1.62. The number of primary amides is 1. The highest BCUT2D eigenvalue weighted by molar-refractivity contribution is 5.95. The molecule has 5 heteroatoms. The molecule has 0 spiro atoms. The molecule has 108 valence electrons. The first-order valence-electron chi connectivity index (χ1n) is 7.44.